The van der Waals surface area contributed by atoms with Crippen molar-refractivity contribution in [2.24, 2.45) is 0 Å². The molecule has 15 heavy (non-hydrogen) atoms. The lowest BCUT2D eigenvalue weighted by Gasteiger charge is -2.01. The van der Waals surface area contributed by atoms with Crippen LogP contribution in [0.25, 0.3) is 11.4 Å². The van der Waals surface area contributed by atoms with Crippen LogP contribution in [0.1, 0.15) is 18.3 Å². The van der Waals surface area contributed by atoms with E-state index in [0.717, 1.165) is 28.4 Å². The second-order valence-electron chi connectivity index (χ2n) is 3.40. The lowest BCUT2D eigenvalue weighted by Crippen LogP contribution is -1.85. The minimum atomic E-state index is 0.667. The quantitative estimate of drug-likeness (QED) is 0.847. The maximum atomic E-state index is 6.19. The normalized spacial score (nSPS) is 10.6. The van der Waals surface area contributed by atoms with Gasteiger partial charge in [0.1, 0.15) is 5.82 Å². The number of hydrogen-bond donors (Lipinski definition) is 1. The summed E-state index contributed by atoms with van der Waals surface area (Å²) in [5, 5.41) is 7.74. The second-order valence-corrected chi connectivity index (χ2v) is 3.77. The van der Waals surface area contributed by atoms with Gasteiger partial charge < -0.3 is 0 Å². The summed E-state index contributed by atoms with van der Waals surface area (Å²) < 4.78 is 0. The first-order chi connectivity index (χ1) is 7.22. The number of nitrogens with one attached hydrogen (secondary N) is 1. The van der Waals surface area contributed by atoms with Gasteiger partial charge in [0.25, 0.3) is 0 Å². The predicted octanol–water partition coefficient (Wildman–Crippen LogP) is 3.00. The van der Waals surface area contributed by atoms with Crippen LogP contribution in [0.15, 0.2) is 18.2 Å². The van der Waals surface area contributed by atoms with Crippen LogP contribution in [0, 0.1) is 6.92 Å². The average molecular weight is 222 g/mol. The molecule has 1 aromatic carbocycles. The monoisotopic (exact) mass is 221 g/mol. The first kappa shape index (κ1) is 10.2. The molecule has 1 heterocycles. The van der Waals surface area contributed by atoms with Crippen molar-refractivity contribution >= 4 is 11.6 Å². The van der Waals surface area contributed by atoms with Gasteiger partial charge in [-0.05, 0) is 18.6 Å². The molecule has 0 bridgehead atoms. The fraction of sp³-hybridized carbons (Fsp3) is 0.273. The van der Waals surface area contributed by atoms with Gasteiger partial charge >= 0.3 is 0 Å². The van der Waals surface area contributed by atoms with Crippen molar-refractivity contribution in [1.29, 1.82) is 0 Å². The molecule has 0 fully saturated rings. The third kappa shape index (κ3) is 1.88. The third-order valence-corrected chi connectivity index (χ3v) is 2.80. The Hall–Kier alpha value is -1.35. The molecule has 0 aliphatic carbocycles. The highest BCUT2D eigenvalue weighted by molar-refractivity contribution is 6.33. The highest BCUT2D eigenvalue weighted by Crippen LogP contribution is 2.27. The van der Waals surface area contributed by atoms with Crippen LogP contribution in [0.4, 0.5) is 0 Å². The molecule has 0 saturated heterocycles. The van der Waals surface area contributed by atoms with Crippen molar-refractivity contribution in [3.8, 4) is 11.4 Å². The summed E-state index contributed by atoms with van der Waals surface area (Å²) in [6, 6.07) is 5.86. The molecule has 1 aromatic heterocycles. The number of halogens is 1. The molecule has 0 aliphatic heterocycles. The van der Waals surface area contributed by atoms with E-state index in [1.54, 1.807) is 0 Å². The number of H-pyrrole nitrogens is 1. The van der Waals surface area contributed by atoms with E-state index in [2.05, 4.69) is 15.2 Å². The molecule has 0 unspecified atom stereocenters. The van der Waals surface area contributed by atoms with Gasteiger partial charge in [0.15, 0.2) is 5.82 Å². The molecule has 78 valence electrons. The Morgan fingerprint density at radius 2 is 2.20 bits per heavy atom. The van der Waals surface area contributed by atoms with Crippen LogP contribution in [0.5, 0.6) is 0 Å². The average Bonchev–Trinajstić information content (AvgIpc) is 2.70. The molecule has 0 aliphatic rings. The van der Waals surface area contributed by atoms with Crippen LogP contribution in [-0.4, -0.2) is 15.2 Å². The van der Waals surface area contributed by atoms with Gasteiger partial charge in [-0.1, -0.05) is 30.7 Å². The Balaban J connectivity index is 2.49. The fourth-order valence-corrected chi connectivity index (χ4v) is 1.60. The Morgan fingerprint density at radius 1 is 1.40 bits per heavy atom. The van der Waals surface area contributed by atoms with Crippen LogP contribution >= 0.6 is 11.6 Å². The van der Waals surface area contributed by atoms with Crippen molar-refractivity contribution in [3.05, 3.63) is 34.6 Å². The molecule has 0 amide bonds. The first-order valence-electron chi connectivity index (χ1n) is 4.89. The van der Waals surface area contributed by atoms with E-state index in [9.17, 15) is 0 Å². The summed E-state index contributed by atoms with van der Waals surface area (Å²) in [4.78, 5) is 4.35. The summed E-state index contributed by atoms with van der Waals surface area (Å²) in [7, 11) is 0. The lowest BCUT2D eigenvalue weighted by atomic mass is 10.1. The number of benzene rings is 1. The number of aryl methyl sites for hydroxylation is 2. The van der Waals surface area contributed by atoms with E-state index in [1.807, 2.05) is 32.0 Å². The van der Waals surface area contributed by atoms with Crippen LogP contribution in [0.2, 0.25) is 5.02 Å². The van der Waals surface area contributed by atoms with Crippen molar-refractivity contribution in [1.82, 2.24) is 15.2 Å². The summed E-state index contributed by atoms with van der Waals surface area (Å²) in [6.45, 7) is 4.00. The summed E-state index contributed by atoms with van der Waals surface area (Å²) >= 11 is 6.19. The summed E-state index contributed by atoms with van der Waals surface area (Å²) in [6.07, 6.45) is 0.844. The Morgan fingerprint density at radius 3 is 2.87 bits per heavy atom. The molecular weight excluding hydrogens is 210 g/mol. The SMILES string of the molecule is CCc1nc(-c2cccc(C)c2Cl)n[nH]1. The van der Waals surface area contributed by atoms with E-state index < -0.39 is 0 Å². The smallest absolute Gasteiger partial charge is 0.182 e. The van der Waals surface area contributed by atoms with Crippen molar-refractivity contribution in [2.45, 2.75) is 20.3 Å². The number of nitrogens with zero attached hydrogens (tertiary/aromatic N) is 2. The van der Waals surface area contributed by atoms with E-state index >= 15 is 0 Å². The van der Waals surface area contributed by atoms with Crippen LogP contribution < -0.4 is 0 Å². The highest BCUT2D eigenvalue weighted by atomic mass is 35.5. The minimum Gasteiger partial charge on any atom is -0.263 e. The lowest BCUT2D eigenvalue weighted by molar-refractivity contribution is 0.946. The number of rotatable bonds is 2. The third-order valence-electron chi connectivity index (χ3n) is 2.30. The van der Waals surface area contributed by atoms with E-state index in [-0.39, 0.29) is 0 Å². The maximum Gasteiger partial charge on any atom is 0.182 e. The molecule has 4 heteroatoms. The number of hydrogen-bond acceptors (Lipinski definition) is 2. The van der Waals surface area contributed by atoms with Crippen molar-refractivity contribution in [3.63, 3.8) is 0 Å². The zero-order valence-electron chi connectivity index (χ0n) is 8.71. The van der Waals surface area contributed by atoms with E-state index in [1.165, 1.54) is 0 Å². The molecule has 1 N–H and O–H groups in total. The van der Waals surface area contributed by atoms with Gasteiger partial charge in [-0.25, -0.2) is 4.98 Å². The second kappa shape index (κ2) is 4.03. The minimum absolute atomic E-state index is 0.667. The van der Waals surface area contributed by atoms with Gasteiger partial charge in [-0.3, -0.25) is 5.10 Å². The molecule has 0 radical (unpaired) electrons. The number of aromatic nitrogens is 3. The molecule has 0 spiro atoms. The summed E-state index contributed by atoms with van der Waals surface area (Å²) in [5.41, 5.74) is 1.92. The standard InChI is InChI=1S/C11H12ClN3/c1-3-9-13-11(15-14-9)8-6-4-5-7(2)10(8)12/h4-6H,3H2,1-2H3,(H,13,14,15). The van der Waals surface area contributed by atoms with Crippen LogP contribution in [0.3, 0.4) is 0 Å². The topological polar surface area (TPSA) is 41.6 Å². The molecule has 3 nitrogen and oxygen atoms in total. The zero-order chi connectivity index (χ0) is 10.8. The molecule has 0 saturated carbocycles. The maximum absolute atomic E-state index is 6.19. The molecule has 0 atom stereocenters. The Bertz CT molecular complexity index is 476. The van der Waals surface area contributed by atoms with E-state index in [4.69, 9.17) is 11.6 Å². The first-order valence-corrected chi connectivity index (χ1v) is 5.27. The van der Waals surface area contributed by atoms with Crippen LogP contribution in [-0.2, 0) is 6.42 Å². The Kier molecular flexibility index (Phi) is 2.73. The van der Waals surface area contributed by atoms with Gasteiger partial charge in [0, 0.05) is 12.0 Å². The van der Waals surface area contributed by atoms with E-state index in [0.29, 0.717) is 5.82 Å². The molecular formula is C11H12ClN3. The molecule has 2 aromatic rings. The zero-order valence-corrected chi connectivity index (χ0v) is 9.47. The van der Waals surface area contributed by atoms with Gasteiger partial charge in [0.05, 0.1) is 5.02 Å². The Labute approximate surface area is 93.5 Å². The van der Waals surface area contributed by atoms with Gasteiger partial charge in [-0.15, -0.1) is 0 Å². The fourth-order valence-electron chi connectivity index (χ4n) is 1.39. The number of aromatic amines is 1. The predicted molar refractivity (Wildman–Crippen MR) is 60.9 cm³/mol. The van der Waals surface area contributed by atoms with Crippen molar-refractivity contribution in [2.75, 3.05) is 0 Å². The summed E-state index contributed by atoms with van der Waals surface area (Å²) in [5.74, 6) is 1.54. The van der Waals surface area contributed by atoms with Gasteiger partial charge in [-0.2, -0.15) is 5.10 Å². The molecule has 2 rings (SSSR count). The largest absolute Gasteiger partial charge is 0.263 e. The van der Waals surface area contributed by atoms with Gasteiger partial charge in [0.2, 0.25) is 0 Å². The highest BCUT2D eigenvalue weighted by Gasteiger charge is 2.09. The van der Waals surface area contributed by atoms with Crippen molar-refractivity contribution < 1.29 is 0 Å².